The van der Waals surface area contributed by atoms with E-state index in [9.17, 15) is 40.7 Å². The zero-order valence-corrected chi connectivity index (χ0v) is 28.5. The van der Waals surface area contributed by atoms with Crippen LogP contribution in [0.25, 0.3) is 21.9 Å². The standard InChI is InChI=1S/C36H34F6N8O4/c37-35(38,39)25-17-21(18-26(30(25)43)36(40,41)42)19-29(32(51)48-15-13-47(14-16-48)22-5-9-44-10-6-22)54-34(53)49-11-7-23(8-12-49)50-28-20-45-27-4-2-1-3-24(27)31(28)46-33(50)52/h1-6,9-10,17-18,20,23,29H,7-8,11-16,19,43H2,(H,46,52)/t29-/m1/s1. The van der Waals surface area contributed by atoms with Gasteiger partial charge in [0, 0.05) is 75.2 Å². The van der Waals surface area contributed by atoms with Crippen molar-refractivity contribution in [1.29, 1.82) is 0 Å². The van der Waals surface area contributed by atoms with Gasteiger partial charge in [0.05, 0.1) is 39.6 Å². The highest BCUT2D eigenvalue weighted by molar-refractivity contribution is 6.01. The summed E-state index contributed by atoms with van der Waals surface area (Å²) < 4.78 is 90.5. The van der Waals surface area contributed by atoms with Crippen molar-refractivity contribution in [2.75, 3.05) is 49.9 Å². The van der Waals surface area contributed by atoms with Crippen LogP contribution < -0.4 is 16.3 Å². The summed E-state index contributed by atoms with van der Waals surface area (Å²) in [5, 5.41) is 0.771. The molecule has 0 radical (unpaired) electrons. The lowest BCUT2D eigenvalue weighted by Crippen LogP contribution is -2.53. The van der Waals surface area contributed by atoms with Crippen LogP contribution in [0.3, 0.4) is 0 Å². The fraction of sp³-hybridized carbons (Fsp3) is 0.361. The van der Waals surface area contributed by atoms with Crippen LogP contribution in [0.1, 0.15) is 35.6 Å². The Bertz CT molecular complexity index is 2210. The van der Waals surface area contributed by atoms with Crippen LogP contribution in [0.5, 0.6) is 0 Å². The number of anilines is 2. The molecule has 7 rings (SSSR count). The summed E-state index contributed by atoms with van der Waals surface area (Å²) in [5.74, 6) is -0.767. The maximum absolute atomic E-state index is 13.9. The first-order chi connectivity index (χ1) is 25.7. The number of pyridine rings is 2. The molecule has 3 N–H and O–H groups in total. The summed E-state index contributed by atoms with van der Waals surface area (Å²) in [5.41, 5.74) is 2.31. The minimum absolute atomic E-state index is 0.0907. The smallest absolute Gasteiger partial charge is 0.418 e. The van der Waals surface area contributed by atoms with Gasteiger partial charge in [0.25, 0.3) is 5.91 Å². The number of nitrogens with two attached hydrogens (primary N) is 1. The van der Waals surface area contributed by atoms with Gasteiger partial charge < -0.3 is 30.2 Å². The molecule has 18 heteroatoms. The molecular formula is C36H34F6N8O4. The number of fused-ring (bicyclic) bond motifs is 3. The van der Waals surface area contributed by atoms with E-state index in [1.165, 1.54) is 9.80 Å². The zero-order valence-electron chi connectivity index (χ0n) is 28.5. The van der Waals surface area contributed by atoms with Gasteiger partial charge in [-0.25, -0.2) is 9.59 Å². The second-order valence-corrected chi connectivity index (χ2v) is 13.2. The average Bonchev–Trinajstić information content (AvgIpc) is 3.50. The van der Waals surface area contributed by atoms with Crippen LogP contribution in [0.4, 0.5) is 42.5 Å². The number of nitrogens with zero attached hydrogens (tertiary/aromatic N) is 6. The van der Waals surface area contributed by atoms with E-state index in [0.29, 0.717) is 54.6 Å². The van der Waals surface area contributed by atoms with Crippen molar-refractivity contribution in [1.82, 2.24) is 29.3 Å². The molecule has 3 aromatic heterocycles. The Balaban J connectivity index is 1.11. The molecule has 0 spiro atoms. The molecular weight excluding hydrogens is 722 g/mol. The predicted octanol–water partition coefficient (Wildman–Crippen LogP) is 5.63. The number of benzene rings is 2. The Kier molecular flexibility index (Phi) is 9.61. The molecule has 2 fully saturated rings. The minimum atomic E-state index is -5.24. The van der Waals surface area contributed by atoms with Crippen molar-refractivity contribution in [2.24, 2.45) is 0 Å². The summed E-state index contributed by atoms with van der Waals surface area (Å²) >= 11 is 0. The highest BCUT2D eigenvalue weighted by Gasteiger charge is 2.42. The molecule has 2 saturated heterocycles. The second kappa shape index (κ2) is 14.2. The fourth-order valence-corrected chi connectivity index (χ4v) is 7.22. The van der Waals surface area contributed by atoms with E-state index >= 15 is 0 Å². The number of carbonyl (C=O) groups excluding carboxylic acids is 2. The van der Waals surface area contributed by atoms with E-state index in [4.69, 9.17) is 10.5 Å². The summed E-state index contributed by atoms with van der Waals surface area (Å²) in [6, 6.07) is 11.5. The largest absolute Gasteiger partial charge is 0.436 e. The normalized spacial score (nSPS) is 16.6. The van der Waals surface area contributed by atoms with Crippen molar-refractivity contribution in [2.45, 2.75) is 43.8 Å². The number of halogens is 6. The summed E-state index contributed by atoms with van der Waals surface area (Å²) in [6.45, 7) is 1.20. The van der Waals surface area contributed by atoms with E-state index in [0.717, 1.165) is 11.1 Å². The number of nitrogens with one attached hydrogen (secondary N) is 1. The van der Waals surface area contributed by atoms with E-state index in [1.54, 1.807) is 35.3 Å². The number of H-pyrrole nitrogens is 1. The quantitative estimate of drug-likeness (QED) is 0.168. The van der Waals surface area contributed by atoms with Crippen LogP contribution in [0.15, 0.2) is 71.9 Å². The first-order valence-electron chi connectivity index (χ1n) is 17.1. The van der Waals surface area contributed by atoms with E-state index < -0.39 is 59.3 Å². The van der Waals surface area contributed by atoms with Gasteiger partial charge in [0.2, 0.25) is 0 Å². The monoisotopic (exact) mass is 756 g/mol. The third-order valence-electron chi connectivity index (χ3n) is 9.96. The van der Waals surface area contributed by atoms with Crippen molar-refractivity contribution < 1.29 is 40.7 Å². The molecule has 2 amide bonds. The summed E-state index contributed by atoms with van der Waals surface area (Å²) in [7, 11) is 0. The van der Waals surface area contributed by atoms with Crippen LogP contribution in [0.2, 0.25) is 0 Å². The van der Waals surface area contributed by atoms with Gasteiger partial charge in [-0.3, -0.25) is 19.3 Å². The molecule has 1 atom stereocenters. The van der Waals surface area contributed by atoms with E-state index in [2.05, 4.69) is 15.0 Å². The molecule has 2 aliphatic rings. The summed E-state index contributed by atoms with van der Waals surface area (Å²) in [4.78, 5) is 56.7. The molecule has 2 aliphatic heterocycles. The van der Waals surface area contributed by atoms with Gasteiger partial charge >= 0.3 is 24.1 Å². The van der Waals surface area contributed by atoms with Gasteiger partial charge in [-0.05, 0) is 48.7 Å². The Morgan fingerprint density at radius 1 is 0.889 bits per heavy atom. The van der Waals surface area contributed by atoms with Gasteiger partial charge in [-0.2, -0.15) is 26.3 Å². The third kappa shape index (κ3) is 7.23. The van der Waals surface area contributed by atoms with Crippen LogP contribution in [0, 0.1) is 0 Å². The molecule has 12 nitrogen and oxygen atoms in total. The number of piperidine rings is 1. The summed E-state index contributed by atoms with van der Waals surface area (Å²) in [6.07, 6.45) is -8.52. The lowest BCUT2D eigenvalue weighted by molar-refractivity contribution is -0.141. The maximum atomic E-state index is 13.9. The number of aromatic nitrogens is 4. The van der Waals surface area contributed by atoms with Crippen LogP contribution >= 0.6 is 0 Å². The number of nitrogen functional groups attached to an aromatic ring is 1. The van der Waals surface area contributed by atoms with Gasteiger partial charge in [0.1, 0.15) is 0 Å². The van der Waals surface area contributed by atoms with E-state index in [-0.39, 0.29) is 37.9 Å². The molecule has 0 bridgehead atoms. The topological polar surface area (TPSA) is 143 Å². The number of rotatable bonds is 6. The highest BCUT2D eigenvalue weighted by Crippen LogP contribution is 2.42. The van der Waals surface area contributed by atoms with Crippen LogP contribution in [-0.4, -0.2) is 86.7 Å². The predicted molar refractivity (Wildman–Crippen MR) is 186 cm³/mol. The first kappa shape index (κ1) is 36.5. The van der Waals surface area contributed by atoms with Crippen molar-refractivity contribution in [3.05, 3.63) is 94.3 Å². The number of carbonyl (C=O) groups is 2. The number of ether oxygens (including phenoxy) is 1. The molecule has 5 heterocycles. The third-order valence-corrected chi connectivity index (χ3v) is 9.96. The number of hydrogen-bond acceptors (Lipinski definition) is 8. The highest BCUT2D eigenvalue weighted by atomic mass is 19.4. The Morgan fingerprint density at radius 3 is 2.15 bits per heavy atom. The van der Waals surface area contributed by atoms with Gasteiger partial charge in [0.15, 0.2) is 6.10 Å². The van der Waals surface area contributed by atoms with Crippen molar-refractivity contribution in [3.8, 4) is 0 Å². The molecule has 54 heavy (non-hydrogen) atoms. The lowest BCUT2D eigenvalue weighted by atomic mass is 9.97. The number of imidazole rings is 1. The Hall–Kier alpha value is -5.81. The lowest BCUT2D eigenvalue weighted by Gasteiger charge is -2.38. The number of likely N-dealkylation sites (tertiary alicyclic amines) is 1. The second-order valence-electron chi connectivity index (χ2n) is 13.2. The first-order valence-corrected chi connectivity index (χ1v) is 17.1. The number of hydrogen-bond donors (Lipinski definition) is 2. The molecule has 2 aromatic carbocycles. The van der Waals surface area contributed by atoms with Crippen molar-refractivity contribution >= 4 is 45.3 Å². The zero-order chi connectivity index (χ0) is 38.4. The van der Waals surface area contributed by atoms with Gasteiger partial charge in [-0.1, -0.05) is 18.2 Å². The van der Waals surface area contributed by atoms with Crippen LogP contribution in [-0.2, 0) is 28.3 Å². The number of piperazine rings is 1. The Morgan fingerprint density at radius 2 is 1.52 bits per heavy atom. The number of alkyl halides is 6. The number of para-hydroxylation sites is 1. The van der Waals surface area contributed by atoms with Crippen molar-refractivity contribution in [3.63, 3.8) is 0 Å². The Labute approximate surface area is 303 Å². The molecule has 0 aliphatic carbocycles. The molecule has 0 unspecified atom stereocenters. The average molecular weight is 757 g/mol. The number of aromatic amines is 1. The fourth-order valence-electron chi connectivity index (χ4n) is 7.22. The number of amides is 2. The van der Waals surface area contributed by atoms with Gasteiger partial charge in [-0.15, -0.1) is 0 Å². The van der Waals surface area contributed by atoms with E-state index in [1.807, 2.05) is 29.2 Å². The molecule has 284 valence electrons. The molecule has 5 aromatic rings. The molecule has 0 saturated carbocycles. The minimum Gasteiger partial charge on any atom is -0.436 e. The maximum Gasteiger partial charge on any atom is 0.418 e. The SMILES string of the molecule is Nc1c(C(F)(F)F)cc(C[C@@H](OC(=O)N2CCC(n3c(=O)[nH]c4c5ccccc5ncc43)CC2)C(=O)N2CCN(c3ccncc3)CC2)cc1C(F)(F)F.